The molecule has 0 fully saturated rings. The number of aromatic nitrogens is 2. The molecular formula is C14H16F2N2O2. The lowest BCUT2D eigenvalue weighted by Crippen LogP contribution is -2.21. The molecule has 108 valence electrons. The zero-order valence-electron chi connectivity index (χ0n) is 11.5. The van der Waals surface area contributed by atoms with Crippen molar-refractivity contribution in [3.8, 4) is 0 Å². The van der Waals surface area contributed by atoms with Crippen molar-refractivity contribution in [3.05, 3.63) is 29.6 Å². The molecule has 1 aromatic carbocycles. The number of imidazole rings is 1. The van der Waals surface area contributed by atoms with Crippen LogP contribution in [0.1, 0.15) is 37.0 Å². The Balaban J connectivity index is 2.68. The maximum atomic E-state index is 12.8. The van der Waals surface area contributed by atoms with E-state index in [1.807, 2.05) is 20.8 Å². The van der Waals surface area contributed by atoms with Crippen molar-refractivity contribution < 1.29 is 18.7 Å². The lowest BCUT2D eigenvalue weighted by atomic mass is 9.95. The van der Waals surface area contributed by atoms with E-state index in [9.17, 15) is 13.6 Å². The summed E-state index contributed by atoms with van der Waals surface area (Å²) in [4.78, 5) is 15.3. The highest BCUT2D eigenvalue weighted by atomic mass is 19.3. The minimum absolute atomic E-state index is 0.0969. The number of carbonyl (C=O) groups is 1. The smallest absolute Gasteiger partial charge is 0.335 e. The highest BCUT2D eigenvalue weighted by Gasteiger charge is 2.24. The Labute approximate surface area is 115 Å². The summed E-state index contributed by atoms with van der Waals surface area (Å²) in [5.41, 5.74) is 0.646. The molecule has 0 saturated heterocycles. The van der Waals surface area contributed by atoms with Gasteiger partial charge < -0.3 is 9.67 Å². The third-order valence-electron chi connectivity index (χ3n) is 2.99. The lowest BCUT2D eigenvalue weighted by molar-refractivity contribution is 0.0697. The summed E-state index contributed by atoms with van der Waals surface area (Å²) in [5.74, 6) is -0.539. The van der Waals surface area contributed by atoms with Gasteiger partial charge in [0, 0.05) is 5.41 Å². The molecule has 0 aliphatic heterocycles. The maximum Gasteiger partial charge on any atom is 0.335 e. The fourth-order valence-electron chi connectivity index (χ4n) is 2.16. The van der Waals surface area contributed by atoms with E-state index in [4.69, 9.17) is 5.11 Å². The van der Waals surface area contributed by atoms with Crippen LogP contribution < -0.4 is 0 Å². The number of carboxylic acid groups (broad SMARTS) is 1. The number of hydrogen-bond acceptors (Lipinski definition) is 2. The molecule has 0 aliphatic rings. The van der Waals surface area contributed by atoms with Crippen molar-refractivity contribution in [2.45, 2.75) is 39.2 Å². The fourth-order valence-corrected chi connectivity index (χ4v) is 2.16. The van der Waals surface area contributed by atoms with Crippen molar-refractivity contribution in [3.63, 3.8) is 0 Å². The third-order valence-corrected chi connectivity index (χ3v) is 2.99. The third kappa shape index (κ3) is 2.64. The first-order valence-electron chi connectivity index (χ1n) is 6.22. The average molecular weight is 282 g/mol. The van der Waals surface area contributed by atoms with Crippen LogP contribution in [0.5, 0.6) is 0 Å². The van der Waals surface area contributed by atoms with Gasteiger partial charge in [0.1, 0.15) is 5.82 Å². The number of fused-ring (bicyclic) bond motifs is 1. The number of rotatable bonds is 3. The summed E-state index contributed by atoms with van der Waals surface area (Å²) in [6.45, 7) is 5.20. The van der Waals surface area contributed by atoms with E-state index >= 15 is 0 Å². The molecule has 0 unspecified atom stereocenters. The van der Waals surface area contributed by atoms with E-state index in [2.05, 4.69) is 4.98 Å². The number of benzene rings is 1. The van der Waals surface area contributed by atoms with Gasteiger partial charge in [-0.05, 0) is 18.2 Å². The minimum Gasteiger partial charge on any atom is -0.478 e. The van der Waals surface area contributed by atoms with Crippen LogP contribution in [0.2, 0.25) is 0 Å². The number of aromatic carboxylic acids is 1. The van der Waals surface area contributed by atoms with E-state index in [1.54, 1.807) is 0 Å². The van der Waals surface area contributed by atoms with Gasteiger partial charge in [0.2, 0.25) is 0 Å². The van der Waals surface area contributed by atoms with Crippen molar-refractivity contribution in [1.29, 1.82) is 0 Å². The summed E-state index contributed by atoms with van der Waals surface area (Å²) < 4.78 is 27.0. The van der Waals surface area contributed by atoms with Crippen LogP contribution in [-0.2, 0) is 12.0 Å². The molecule has 1 N–H and O–H groups in total. The van der Waals surface area contributed by atoms with E-state index in [0.29, 0.717) is 16.9 Å². The van der Waals surface area contributed by atoms with Crippen molar-refractivity contribution in [1.82, 2.24) is 9.55 Å². The first kappa shape index (κ1) is 14.4. The molecule has 0 radical (unpaired) electrons. The van der Waals surface area contributed by atoms with Gasteiger partial charge in [0.05, 0.1) is 23.1 Å². The number of halogens is 2. The number of hydrogen-bond donors (Lipinski definition) is 1. The van der Waals surface area contributed by atoms with E-state index < -0.39 is 24.4 Å². The molecule has 4 nitrogen and oxygen atoms in total. The number of alkyl halides is 2. The highest BCUT2D eigenvalue weighted by molar-refractivity contribution is 5.92. The molecule has 2 aromatic rings. The van der Waals surface area contributed by atoms with Gasteiger partial charge in [-0.3, -0.25) is 0 Å². The summed E-state index contributed by atoms with van der Waals surface area (Å²) in [6.07, 6.45) is -2.49. The number of carboxylic acids is 1. The summed E-state index contributed by atoms with van der Waals surface area (Å²) in [7, 11) is 0. The molecule has 6 heteroatoms. The standard InChI is InChI=1S/C14H16F2N2O2/c1-14(2,3)13-17-9-6-8(12(19)20)4-5-10(9)18(13)7-11(15)16/h4-6,11H,7H2,1-3H3,(H,19,20). The predicted octanol–water partition coefficient (Wildman–Crippen LogP) is 3.30. The molecule has 0 spiro atoms. The highest BCUT2D eigenvalue weighted by Crippen LogP contribution is 2.27. The average Bonchev–Trinajstić information content (AvgIpc) is 2.66. The largest absolute Gasteiger partial charge is 0.478 e. The molecule has 0 atom stereocenters. The lowest BCUT2D eigenvalue weighted by Gasteiger charge is -2.19. The number of nitrogens with zero attached hydrogens (tertiary/aromatic N) is 2. The molecule has 0 bridgehead atoms. The van der Waals surface area contributed by atoms with Gasteiger partial charge in [-0.25, -0.2) is 18.6 Å². The fraction of sp³-hybridized carbons (Fsp3) is 0.429. The Kier molecular flexibility index (Phi) is 3.50. The monoisotopic (exact) mass is 282 g/mol. The first-order valence-corrected chi connectivity index (χ1v) is 6.22. The second-order valence-electron chi connectivity index (χ2n) is 5.70. The molecule has 1 aromatic heterocycles. The Hall–Kier alpha value is -1.98. The van der Waals surface area contributed by atoms with Crippen molar-refractivity contribution in [2.75, 3.05) is 0 Å². The van der Waals surface area contributed by atoms with Gasteiger partial charge in [-0.15, -0.1) is 0 Å². The summed E-state index contributed by atoms with van der Waals surface area (Å²) in [6, 6.07) is 4.35. The van der Waals surface area contributed by atoms with Crippen molar-refractivity contribution in [2.24, 2.45) is 0 Å². The molecule has 0 saturated carbocycles. The van der Waals surface area contributed by atoms with E-state index in [1.165, 1.54) is 22.8 Å². The quantitative estimate of drug-likeness (QED) is 0.939. The van der Waals surface area contributed by atoms with Gasteiger partial charge in [-0.1, -0.05) is 20.8 Å². The van der Waals surface area contributed by atoms with Crippen LogP contribution in [0.15, 0.2) is 18.2 Å². The second kappa shape index (κ2) is 4.85. The molecule has 1 heterocycles. The zero-order chi connectivity index (χ0) is 15.1. The van der Waals surface area contributed by atoms with Crippen LogP contribution in [0, 0.1) is 0 Å². The van der Waals surface area contributed by atoms with Gasteiger partial charge >= 0.3 is 5.97 Å². The SMILES string of the molecule is CC(C)(C)c1nc2cc(C(=O)O)ccc2n1CC(F)F. The first-order chi connectivity index (χ1) is 9.20. The Morgan fingerprint density at radius 1 is 1.40 bits per heavy atom. The van der Waals surface area contributed by atoms with E-state index in [0.717, 1.165) is 0 Å². The van der Waals surface area contributed by atoms with Crippen molar-refractivity contribution >= 4 is 17.0 Å². The van der Waals surface area contributed by atoms with Gasteiger partial charge in [-0.2, -0.15) is 0 Å². The Morgan fingerprint density at radius 3 is 2.55 bits per heavy atom. The van der Waals surface area contributed by atoms with Crippen LogP contribution in [0.3, 0.4) is 0 Å². The topological polar surface area (TPSA) is 55.1 Å². The van der Waals surface area contributed by atoms with Crippen LogP contribution >= 0.6 is 0 Å². The van der Waals surface area contributed by atoms with Crippen LogP contribution in [0.25, 0.3) is 11.0 Å². The maximum absolute atomic E-state index is 12.8. The van der Waals surface area contributed by atoms with Crippen LogP contribution in [-0.4, -0.2) is 27.1 Å². The summed E-state index contributed by atoms with van der Waals surface area (Å²) >= 11 is 0. The van der Waals surface area contributed by atoms with E-state index in [-0.39, 0.29) is 5.56 Å². The van der Waals surface area contributed by atoms with Gasteiger partial charge in [0.25, 0.3) is 6.43 Å². The van der Waals surface area contributed by atoms with Gasteiger partial charge in [0.15, 0.2) is 0 Å². The zero-order valence-corrected chi connectivity index (χ0v) is 11.5. The summed E-state index contributed by atoms with van der Waals surface area (Å²) in [5, 5.41) is 8.97. The molecule has 20 heavy (non-hydrogen) atoms. The second-order valence-corrected chi connectivity index (χ2v) is 5.70. The molecular weight excluding hydrogens is 266 g/mol. The minimum atomic E-state index is -2.49. The van der Waals surface area contributed by atoms with Crippen LogP contribution in [0.4, 0.5) is 8.78 Å². The Morgan fingerprint density at radius 2 is 2.05 bits per heavy atom. The normalized spacial score (nSPS) is 12.3. The molecule has 2 rings (SSSR count). The molecule has 0 aliphatic carbocycles. The predicted molar refractivity (Wildman–Crippen MR) is 71.4 cm³/mol. The Bertz CT molecular complexity index is 657. The molecule has 0 amide bonds.